The number of amides is 2. The number of rotatable bonds is 4. The molecule has 1 aliphatic heterocycles. The Morgan fingerprint density at radius 3 is 2.77 bits per heavy atom. The summed E-state index contributed by atoms with van der Waals surface area (Å²) in [6, 6.07) is 11.6. The van der Waals surface area contributed by atoms with Crippen LogP contribution < -0.4 is 0 Å². The number of piperidine rings is 1. The molecule has 0 saturated carbocycles. The van der Waals surface area contributed by atoms with Gasteiger partial charge in [0.25, 0.3) is 11.8 Å². The van der Waals surface area contributed by atoms with E-state index in [1.54, 1.807) is 33.3 Å². The first-order valence-electron chi connectivity index (χ1n) is 10.6. The summed E-state index contributed by atoms with van der Waals surface area (Å²) in [6.45, 7) is 3.19. The highest BCUT2D eigenvalue weighted by Crippen LogP contribution is 2.24. The molecule has 1 atom stereocenters. The lowest BCUT2D eigenvalue weighted by molar-refractivity contribution is 0.0669. The van der Waals surface area contributed by atoms with Gasteiger partial charge in [-0.05, 0) is 49.6 Å². The Bertz CT molecular complexity index is 1120. The van der Waals surface area contributed by atoms with Crippen LogP contribution in [0.4, 0.5) is 0 Å². The number of carbonyl (C=O) groups excluding carboxylic acids is 2. The number of aryl methyl sites for hydroxylation is 1. The Morgan fingerprint density at radius 1 is 1.16 bits per heavy atom. The van der Waals surface area contributed by atoms with Gasteiger partial charge >= 0.3 is 0 Å². The minimum absolute atomic E-state index is 0.0242. The van der Waals surface area contributed by atoms with Gasteiger partial charge < -0.3 is 9.80 Å². The molecule has 2 amide bonds. The molecule has 4 rings (SSSR count). The molecule has 1 saturated heterocycles. The Labute approximate surface area is 182 Å². The van der Waals surface area contributed by atoms with Gasteiger partial charge in [0.1, 0.15) is 17.2 Å². The molecule has 0 unspecified atom stereocenters. The van der Waals surface area contributed by atoms with Gasteiger partial charge in [0.2, 0.25) is 0 Å². The Kier molecular flexibility index (Phi) is 5.93. The molecule has 3 heterocycles. The quantitative estimate of drug-likeness (QED) is 0.652. The molecule has 0 bridgehead atoms. The third-order valence-electron chi connectivity index (χ3n) is 5.70. The zero-order chi connectivity index (χ0) is 22.0. The van der Waals surface area contributed by atoms with Crippen LogP contribution in [0.3, 0.4) is 0 Å². The Hall–Kier alpha value is -3.35. The molecule has 7 nitrogen and oxygen atoms in total. The summed E-state index contributed by atoms with van der Waals surface area (Å²) in [6.07, 6.45) is 4.37. The fourth-order valence-electron chi connectivity index (χ4n) is 4.22. The topological polar surface area (TPSA) is 79.3 Å². The number of hydrogen-bond donors (Lipinski definition) is 0. The molecule has 0 spiro atoms. The van der Waals surface area contributed by atoms with E-state index in [0.717, 1.165) is 35.9 Å². The van der Waals surface area contributed by atoms with Gasteiger partial charge in [0.05, 0.1) is 0 Å². The van der Waals surface area contributed by atoms with Crippen LogP contribution in [0.2, 0.25) is 0 Å². The second kappa shape index (κ2) is 8.79. The number of nitrogens with zero attached hydrogens (tertiary/aromatic N) is 5. The molecular formula is C24H27N5O2. The van der Waals surface area contributed by atoms with E-state index in [2.05, 4.69) is 15.0 Å². The first kappa shape index (κ1) is 20.9. The molecule has 3 aromatic rings. The molecule has 31 heavy (non-hydrogen) atoms. The van der Waals surface area contributed by atoms with Crippen molar-refractivity contribution in [2.24, 2.45) is 5.92 Å². The molecule has 1 aliphatic rings. The molecule has 1 fully saturated rings. The third-order valence-corrected chi connectivity index (χ3v) is 5.70. The lowest BCUT2D eigenvalue weighted by atomic mass is 9.92. The van der Waals surface area contributed by atoms with Crippen molar-refractivity contribution in [1.29, 1.82) is 0 Å². The zero-order valence-corrected chi connectivity index (χ0v) is 18.2. The molecule has 0 N–H and O–H groups in total. The van der Waals surface area contributed by atoms with E-state index in [1.165, 1.54) is 4.90 Å². The fourth-order valence-corrected chi connectivity index (χ4v) is 4.22. The Balaban J connectivity index is 1.51. The fraction of sp³-hybridized carbons (Fsp3) is 0.375. The van der Waals surface area contributed by atoms with Crippen LogP contribution in [-0.4, -0.2) is 63.8 Å². The highest BCUT2D eigenvalue weighted by atomic mass is 16.2. The zero-order valence-electron chi connectivity index (χ0n) is 18.2. The van der Waals surface area contributed by atoms with Crippen LogP contribution in [0.1, 0.15) is 45.3 Å². The molecule has 0 aliphatic carbocycles. The van der Waals surface area contributed by atoms with Gasteiger partial charge in [0.15, 0.2) is 0 Å². The van der Waals surface area contributed by atoms with Gasteiger partial charge in [-0.25, -0.2) is 9.97 Å². The molecule has 2 aromatic heterocycles. The predicted octanol–water partition coefficient (Wildman–Crippen LogP) is 3.13. The first-order valence-corrected chi connectivity index (χ1v) is 10.6. The normalized spacial score (nSPS) is 16.4. The number of pyridine rings is 1. The first-order chi connectivity index (χ1) is 14.9. The van der Waals surface area contributed by atoms with Crippen molar-refractivity contribution in [2.45, 2.75) is 26.2 Å². The summed E-state index contributed by atoms with van der Waals surface area (Å²) in [7, 11) is 3.43. The predicted molar refractivity (Wildman–Crippen MR) is 119 cm³/mol. The van der Waals surface area contributed by atoms with Crippen LogP contribution in [0.25, 0.3) is 10.8 Å². The molecule has 7 heteroatoms. The van der Waals surface area contributed by atoms with E-state index < -0.39 is 0 Å². The number of carbonyl (C=O) groups is 2. The van der Waals surface area contributed by atoms with Crippen LogP contribution in [0.5, 0.6) is 0 Å². The van der Waals surface area contributed by atoms with E-state index in [-0.39, 0.29) is 17.7 Å². The van der Waals surface area contributed by atoms with Crippen LogP contribution in [0, 0.1) is 12.8 Å². The maximum atomic E-state index is 13.3. The van der Waals surface area contributed by atoms with Crippen molar-refractivity contribution in [2.75, 3.05) is 27.2 Å². The lowest BCUT2D eigenvalue weighted by Crippen LogP contribution is -2.41. The van der Waals surface area contributed by atoms with Gasteiger partial charge in [0, 0.05) is 44.5 Å². The highest BCUT2D eigenvalue weighted by molar-refractivity contribution is 6.05. The second-order valence-corrected chi connectivity index (χ2v) is 8.34. The van der Waals surface area contributed by atoms with Crippen molar-refractivity contribution >= 4 is 22.6 Å². The Morgan fingerprint density at radius 2 is 1.97 bits per heavy atom. The van der Waals surface area contributed by atoms with E-state index in [9.17, 15) is 9.59 Å². The lowest BCUT2D eigenvalue weighted by Gasteiger charge is -2.32. The summed E-state index contributed by atoms with van der Waals surface area (Å²) in [5, 5.41) is 1.90. The monoisotopic (exact) mass is 417 g/mol. The number of benzene rings is 1. The number of fused-ring (bicyclic) bond motifs is 1. The second-order valence-electron chi connectivity index (χ2n) is 8.34. The van der Waals surface area contributed by atoms with E-state index >= 15 is 0 Å². The van der Waals surface area contributed by atoms with E-state index in [4.69, 9.17) is 0 Å². The maximum absolute atomic E-state index is 13.3. The SMILES string of the molecule is Cc1nc(C[C@@H]2CCCN(C(=O)c3nccc4ccccc34)C2)cc(C(=O)N(C)C)n1. The molecule has 160 valence electrons. The number of aromatic nitrogens is 3. The van der Waals surface area contributed by atoms with Crippen LogP contribution in [0.15, 0.2) is 42.6 Å². The summed E-state index contributed by atoms with van der Waals surface area (Å²) < 4.78 is 0. The summed E-state index contributed by atoms with van der Waals surface area (Å²) in [5.41, 5.74) is 1.77. The van der Waals surface area contributed by atoms with Crippen molar-refractivity contribution in [3.8, 4) is 0 Å². The van der Waals surface area contributed by atoms with Gasteiger partial charge in [-0.3, -0.25) is 14.6 Å². The average molecular weight is 418 g/mol. The van der Waals surface area contributed by atoms with Gasteiger partial charge in [-0.2, -0.15) is 0 Å². The van der Waals surface area contributed by atoms with Crippen molar-refractivity contribution in [3.63, 3.8) is 0 Å². The summed E-state index contributed by atoms with van der Waals surface area (Å²) >= 11 is 0. The summed E-state index contributed by atoms with van der Waals surface area (Å²) in [4.78, 5) is 42.2. The van der Waals surface area contributed by atoms with Gasteiger partial charge in [-0.15, -0.1) is 0 Å². The third kappa shape index (κ3) is 4.55. The number of hydrogen-bond acceptors (Lipinski definition) is 5. The molecule has 0 radical (unpaired) electrons. The van der Waals surface area contributed by atoms with Gasteiger partial charge in [-0.1, -0.05) is 24.3 Å². The molecule has 1 aromatic carbocycles. The minimum Gasteiger partial charge on any atom is -0.343 e. The smallest absolute Gasteiger partial charge is 0.273 e. The van der Waals surface area contributed by atoms with Crippen LogP contribution in [-0.2, 0) is 6.42 Å². The van der Waals surface area contributed by atoms with Crippen molar-refractivity contribution < 1.29 is 9.59 Å². The van der Waals surface area contributed by atoms with E-state index in [1.807, 2.05) is 35.2 Å². The van der Waals surface area contributed by atoms with E-state index in [0.29, 0.717) is 30.2 Å². The highest BCUT2D eigenvalue weighted by Gasteiger charge is 2.27. The van der Waals surface area contributed by atoms with Crippen molar-refractivity contribution in [1.82, 2.24) is 24.8 Å². The molecular weight excluding hydrogens is 390 g/mol. The standard InChI is InChI=1S/C24H27N5O2/c1-16-26-19(14-21(27-16)23(30)28(2)3)13-17-7-6-12-29(15-17)24(31)22-20-9-5-4-8-18(20)10-11-25-22/h4-5,8-11,14,17H,6-7,12-13,15H2,1-3H3/t17-/m0/s1. The summed E-state index contributed by atoms with van der Waals surface area (Å²) in [5.74, 6) is 0.716. The largest absolute Gasteiger partial charge is 0.343 e. The number of likely N-dealkylation sites (tertiary alicyclic amines) is 1. The van der Waals surface area contributed by atoms with Crippen molar-refractivity contribution in [3.05, 3.63) is 65.5 Å². The maximum Gasteiger partial charge on any atom is 0.273 e. The average Bonchev–Trinajstić information content (AvgIpc) is 2.77. The van der Waals surface area contributed by atoms with Crippen LogP contribution >= 0.6 is 0 Å². The minimum atomic E-state index is -0.130.